The number of aryl methyl sites for hydroxylation is 2. The van der Waals surface area contributed by atoms with Crippen LogP contribution in [0.25, 0.3) is 5.70 Å². The van der Waals surface area contributed by atoms with Crippen LogP contribution in [-0.4, -0.2) is 66.8 Å². The van der Waals surface area contributed by atoms with Crippen molar-refractivity contribution in [3.63, 3.8) is 0 Å². The fourth-order valence-corrected chi connectivity index (χ4v) is 5.47. The Morgan fingerprint density at radius 1 is 1.25 bits per heavy atom. The first kappa shape index (κ1) is 23.2. The summed E-state index contributed by atoms with van der Waals surface area (Å²) in [5.41, 5.74) is 6.92. The molecule has 3 aliphatic rings. The molecule has 2 heterocycles. The molecule has 1 aromatic carbocycles. The molecule has 1 fully saturated rings. The largest absolute Gasteiger partial charge is 0.496 e. The average molecular weight is 458 g/mol. The maximum Gasteiger partial charge on any atom is 0.128 e. The molecule has 0 amide bonds. The van der Waals surface area contributed by atoms with Gasteiger partial charge in [0.1, 0.15) is 11.1 Å². The van der Waals surface area contributed by atoms with Crippen LogP contribution in [0.3, 0.4) is 0 Å². The molecule has 2 atom stereocenters. The summed E-state index contributed by atoms with van der Waals surface area (Å²) >= 11 is 1.82. The molecule has 1 aromatic rings. The number of nitrogens with zero attached hydrogens (tertiary/aromatic N) is 2. The predicted octanol–water partition coefficient (Wildman–Crippen LogP) is 3.66. The van der Waals surface area contributed by atoms with E-state index < -0.39 is 6.10 Å². The number of methoxy groups -OCH3 is 2. The van der Waals surface area contributed by atoms with Gasteiger partial charge in [-0.2, -0.15) is 5.01 Å². The number of rotatable bonds is 10. The molecular weight excluding hydrogens is 422 g/mol. The van der Waals surface area contributed by atoms with Gasteiger partial charge in [0, 0.05) is 25.8 Å². The zero-order valence-electron chi connectivity index (χ0n) is 19.7. The van der Waals surface area contributed by atoms with Gasteiger partial charge in [-0.15, -0.1) is 11.8 Å². The Kier molecular flexibility index (Phi) is 7.20. The highest BCUT2D eigenvalue weighted by Crippen LogP contribution is 2.46. The molecule has 4 rings (SSSR count). The third kappa shape index (κ3) is 4.57. The smallest absolute Gasteiger partial charge is 0.128 e. The number of aliphatic hydroxyl groups is 1. The molecule has 174 valence electrons. The summed E-state index contributed by atoms with van der Waals surface area (Å²) in [4.78, 5) is 0. The number of nitrogens with one attached hydrogen (secondary N) is 1. The lowest BCUT2D eigenvalue weighted by atomic mass is 9.99. The molecule has 0 radical (unpaired) electrons. The lowest BCUT2D eigenvalue weighted by Gasteiger charge is -2.38. The van der Waals surface area contributed by atoms with E-state index in [4.69, 9.17) is 9.47 Å². The third-order valence-electron chi connectivity index (χ3n) is 6.19. The van der Waals surface area contributed by atoms with Crippen LogP contribution >= 0.6 is 11.8 Å². The van der Waals surface area contributed by atoms with Gasteiger partial charge in [-0.3, -0.25) is 5.01 Å². The van der Waals surface area contributed by atoms with Crippen LogP contribution in [0.5, 0.6) is 5.75 Å². The van der Waals surface area contributed by atoms with Gasteiger partial charge in [-0.25, -0.2) is 0 Å². The summed E-state index contributed by atoms with van der Waals surface area (Å²) in [6.45, 7) is 6.04. The second-order valence-electron chi connectivity index (χ2n) is 8.82. The lowest BCUT2D eigenvalue weighted by molar-refractivity contribution is 0.0648. The summed E-state index contributed by atoms with van der Waals surface area (Å²) in [6, 6.07) is 4.33. The first-order valence-electron chi connectivity index (χ1n) is 11.3. The maximum absolute atomic E-state index is 10.3. The highest BCUT2D eigenvalue weighted by Gasteiger charge is 2.43. The molecule has 0 saturated heterocycles. The van der Waals surface area contributed by atoms with E-state index >= 15 is 0 Å². The van der Waals surface area contributed by atoms with Gasteiger partial charge in [0.15, 0.2) is 0 Å². The van der Waals surface area contributed by atoms with E-state index in [1.807, 2.05) is 11.8 Å². The second kappa shape index (κ2) is 9.91. The third-order valence-corrected chi connectivity index (χ3v) is 7.11. The van der Waals surface area contributed by atoms with Crippen LogP contribution in [0.4, 0.5) is 0 Å². The van der Waals surface area contributed by atoms with E-state index in [9.17, 15) is 5.11 Å². The van der Waals surface area contributed by atoms with Gasteiger partial charge in [0.2, 0.25) is 0 Å². The fraction of sp³-hybridized carbons (Fsp3) is 0.520. The number of aliphatic hydroxyl groups excluding tert-OH is 1. The molecular formula is C25H35N3O3S. The molecule has 7 heteroatoms. The van der Waals surface area contributed by atoms with Gasteiger partial charge >= 0.3 is 0 Å². The van der Waals surface area contributed by atoms with Gasteiger partial charge in [-0.05, 0) is 68.2 Å². The van der Waals surface area contributed by atoms with Gasteiger partial charge in [-0.1, -0.05) is 12.1 Å². The highest BCUT2D eigenvalue weighted by atomic mass is 32.2. The Hall–Kier alpha value is -1.93. The number of allylic oxidation sites excluding steroid dienone is 3. The predicted molar refractivity (Wildman–Crippen MR) is 131 cm³/mol. The Bertz CT molecular complexity index is 939. The monoisotopic (exact) mass is 457 g/mol. The number of hydrogen-bond acceptors (Lipinski definition) is 7. The molecule has 2 N–H and O–H groups in total. The SMILES string of the molecule is COCC(O)CNC1=C2C=CC=C(c3c(C)cc(C)cc3OC)N2N(CC2CC2)C1SC. The first-order valence-corrected chi connectivity index (χ1v) is 12.6. The van der Waals surface area contributed by atoms with Gasteiger partial charge in [0.05, 0.1) is 36.9 Å². The second-order valence-corrected chi connectivity index (χ2v) is 9.74. The molecule has 0 bridgehead atoms. The van der Waals surface area contributed by atoms with Crippen molar-refractivity contribution < 1.29 is 14.6 Å². The molecule has 0 spiro atoms. The van der Waals surface area contributed by atoms with Crippen LogP contribution in [0.1, 0.15) is 29.5 Å². The standard InChI is InChI=1S/C25H35N3O3S/c1-16-11-17(2)23(22(12-16)31-4)20-7-6-8-21-24(26-13-19(29)15-30-3)25(32-5)27(28(20)21)14-18-9-10-18/h6-8,11-12,18-19,25-26,29H,9-10,13-15H2,1-5H3. The summed E-state index contributed by atoms with van der Waals surface area (Å²) in [6.07, 6.45) is 10.6. The Morgan fingerprint density at radius 2 is 2.03 bits per heavy atom. The molecule has 2 aliphatic heterocycles. The van der Waals surface area contributed by atoms with E-state index in [-0.39, 0.29) is 5.37 Å². The summed E-state index contributed by atoms with van der Waals surface area (Å²) in [5, 5.41) is 18.8. The zero-order valence-corrected chi connectivity index (χ0v) is 20.5. The number of benzene rings is 1. The zero-order chi connectivity index (χ0) is 22.8. The Morgan fingerprint density at radius 3 is 2.69 bits per heavy atom. The number of thioether (sulfide) groups is 1. The van der Waals surface area contributed by atoms with Crippen molar-refractivity contribution in [1.29, 1.82) is 0 Å². The Balaban J connectivity index is 1.75. The minimum Gasteiger partial charge on any atom is -0.496 e. The normalized spacial score (nSPS) is 21.6. The van der Waals surface area contributed by atoms with E-state index in [0.717, 1.165) is 40.9 Å². The summed E-state index contributed by atoms with van der Waals surface area (Å²) < 4.78 is 10.9. The molecule has 1 saturated carbocycles. The quantitative estimate of drug-likeness (QED) is 0.556. The molecule has 32 heavy (non-hydrogen) atoms. The van der Waals surface area contributed by atoms with Gasteiger partial charge in [0.25, 0.3) is 0 Å². The fourth-order valence-electron chi connectivity index (χ4n) is 4.61. The van der Waals surface area contributed by atoms with Crippen molar-refractivity contribution >= 4 is 17.5 Å². The van der Waals surface area contributed by atoms with Crippen molar-refractivity contribution in [2.75, 3.05) is 40.2 Å². The van der Waals surface area contributed by atoms with Crippen LogP contribution in [0, 0.1) is 19.8 Å². The van der Waals surface area contributed by atoms with E-state index in [2.05, 4.69) is 65.8 Å². The van der Waals surface area contributed by atoms with Crippen molar-refractivity contribution in [3.8, 4) is 5.75 Å². The maximum atomic E-state index is 10.3. The minimum absolute atomic E-state index is 0.156. The number of fused-ring (bicyclic) bond motifs is 1. The van der Waals surface area contributed by atoms with Crippen LogP contribution in [0.2, 0.25) is 0 Å². The molecule has 1 aliphatic carbocycles. The summed E-state index contributed by atoms with van der Waals surface area (Å²) in [7, 11) is 3.36. The number of ether oxygens (including phenoxy) is 2. The minimum atomic E-state index is -0.552. The highest BCUT2D eigenvalue weighted by molar-refractivity contribution is 7.99. The van der Waals surface area contributed by atoms with Crippen LogP contribution in [-0.2, 0) is 4.74 Å². The lowest BCUT2D eigenvalue weighted by Crippen LogP contribution is -2.43. The van der Waals surface area contributed by atoms with E-state index in [1.165, 1.54) is 24.0 Å². The van der Waals surface area contributed by atoms with E-state index in [1.54, 1.807) is 14.2 Å². The first-order chi connectivity index (χ1) is 15.5. The van der Waals surface area contributed by atoms with Crippen molar-refractivity contribution in [1.82, 2.24) is 15.3 Å². The number of hydrazine groups is 1. The van der Waals surface area contributed by atoms with Crippen LogP contribution < -0.4 is 10.1 Å². The molecule has 0 aromatic heterocycles. The molecule has 6 nitrogen and oxygen atoms in total. The molecule has 2 unspecified atom stereocenters. The average Bonchev–Trinajstić information content (AvgIpc) is 3.53. The van der Waals surface area contributed by atoms with Crippen LogP contribution in [0.15, 0.2) is 41.8 Å². The van der Waals surface area contributed by atoms with Crippen molar-refractivity contribution in [3.05, 3.63) is 58.4 Å². The van der Waals surface area contributed by atoms with Crippen molar-refractivity contribution in [2.24, 2.45) is 5.92 Å². The van der Waals surface area contributed by atoms with Crippen molar-refractivity contribution in [2.45, 2.75) is 38.2 Å². The topological polar surface area (TPSA) is 57.2 Å². The Labute approximate surface area is 195 Å². The number of hydrogen-bond donors (Lipinski definition) is 2. The summed E-state index contributed by atoms with van der Waals surface area (Å²) in [5.74, 6) is 1.63. The van der Waals surface area contributed by atoms with E-state index in [0.29, 0.717) is 13.2 Å². The van der Waals surface area contributed by atoms with Gasteiger partial charge < -0.3 is 19.9 Å².